The number of benzene rings is 1. The summed E-state index contributed by atoms with van der Waals surface area (Å²) in [6, 6.07) is 10.3. The highest BCUT2D eigenvalue weighted by Crippen LogP contribution is 2.43. The van der Waals surface area contributed by atoms with Crippen LogP contribution in [0.25, 0.3) is 0 Å². The van der Waals surface area contributed by atoms with Gasteiger partial charge in [0.15, 0.2) is 0 Å². The van der Waals surface area contributed by atoms with Crippen LogP contribution in [0.2, 0.25) is 0 Å². The standard InChI is InChI=1S/C17H26N2O3S/c1-2-23(21,22)18-10-15-17(14-6-4-3-5-7-14)16(12-20)19(15)11-13-8-9-13/h3-7,13,15-18,20H,2,8-12H2,1H3/t15-,16+,17+/m0/s1. The van der Waals surface area contributed by atoms with E-state index in [2.05, 4.69) is 21.8 Å². The molecule has 23 heavy (non-hydrogen) atoms. The number of rotatable bonds is 8. The van der Waals surface area contributed by atoms with E-state index in [4.69, 9.17) is 0 Å². The first-order chi connectivity index (χ1) is 11.1. The fraction of sp³-hybridized carbons (Fsp3) is 0.647. The van der Waals surface area contributed by atoms with E-state index < -0.39 is 10.0 Å². The van der Waals surface area contributed by atoms with Crippen LogP contribution in [0.5, 0.6) is 0 Å². The normalized spacial score (nSPS) is 28.5. The van der Waals surface area contributed by atoms with E-state index in [9.17, 15) is 13.5 Å². The van der Waals surface area contributed by atoms with Crippen molar-refractivity contribution in [3.05, 3.63) is 35.9 Å². The molecule has 2 aliphatic rings. The monoisotopic (exact) mass is 338 g/mol. The number of nitrogens with zero attached hydrogens (tertiary/aromatic N) is 1. The summed E-state index contributed by atoms with van der Waals surface area (Å²) < 4.78 is 26.3. The fourth-order valence-corrected chi connectivity index (χ4v) is 4.21. The molecule has 3 atom stereocenters. The summed E-state index contributed by atoms with van der Waals surface area (Å²) in [5.41, 5.74) is 1.18. The minimum atomic E-state index is -3.20. The van der Waals surface area contributed by atoms with Crippen LogP contribution in [-0.4, -0.2) is 56.0 Å². The summed E-state index contributed by atoms with van der Waals surface area (Å²) in [5, 5.41) is 9.83. The van der Waals surface area contributed by atoms with E-state index in [-0.39, 0.29) is 30.4 Å². The van der Waals surface area contributed by atoms with Gasteiger partial charge in [0.2, 0.25) is 10.0 Å². The van der Waals surface area contributed by atoms with Crippen molar-refractivity contribution < 1.29 is 13.5 Å². The van der Waals surface area contributed by atoms with Crippen molar-refractivity contribution in [1.82, 2.24) is 9.62 Å². The third-order valence-corrected chi connectivity index (χ3v) is 6.48. The van der Waals surface area contributed by atoms with Crippen molar-refractivity contribution >= 4 is 10.0 Å². The maximum atomic E-state index is 11.8. The van der Waals surface area contributed by atoms with Gasteiger partial charge >= 0.3 is 0 Å². The van der Waals surface area contributed by atoms with Gasteiger partial charge in [0.25, 0.3) is 0 Å². The molecule has 3 rings (SSSR count). The van der Waals surface area contributed by atoms with Crippen molar-refractivity contribution in [1.29, 1.82) is 0 Å². The second kappa shape index (κ2) is 6.89. The van der Waals surface area contributed by atoms with Crippen LogP contribution in [0.4, 0.5) is 0 Å². The summed E-state index contributed by atoms with van der Waals surface area (Å²) in [4.78, 5) is 2.30. The van der Waals surface area contributed by atoms with Crippen LogP contribution in [0.1, 0.15) is 31.2 Å². The van der Waals surface area contributed by atoms with E-state index in [1.54, 1.807) is 6.92 Å². The predicted molar refractivity (Wildman–Crippen MR) is 90.7 cm³/mol. The molecule has 1 saturated carbocycles. The zero-order valence-corrected chi connectivity index (χ0v) is 14.4. The molecule has 0 amide bonds. The molecule has 1 aromatic rings. The van der Waals surface area contributed by atoms with Gasteiger partial charge in [-0.05, 0) is 31.2 Å². The van der Waals surface area contributed by atoms with E-state index in [0.29, 0.717) is 12.5 Å². The quantitative estimate of drug-likeness (QED) is 0.746. The lowest BCUT2D eigenvalue weighted by molar-refractivity contribution is -0.0432. The van der Waals surface area contributed by atoms with Crippen LogP contribution in [0.3, 0.4) is 0 Å². The Hall–Kier alpha value is -0.950. The molecule has 128 valence electrons. The molecule has 1 aromatic carbocycles. The van der Waals surface area contributed by atoms with Crippen LogP contribution in [0.15, 0.2) is 30.3 Å². The molecular weight excluding hydrogens is 312 g/mol. The number of aliphatic hydroxyl groups is 1. The van der Waals surface area contributed by atoms with E-state index in [1.165, 1.54) is 18.4 Å². The number of nitrogens with one attached hydrogen (secondary N) is 1. The Bertz CT molecular complexity index is 616. The summed E-state index contributed by atoms with van der Waals surface area (Å²) in [5.74, 6) is 0.993. The molecule has 1 aliphatic heterocycles. The van der Waals surface area contributed by atoms with Crippen molar-refractivity contribution in [3.63, 3.8) is 0 Å². The summed E-state index contributed by atoms with van der Waals surface area (Å²) in [7, 11) is -3.20. The van der Waals surface area contributed by atoms with Gasteiger partial charge in [0.05, 0.1) is 12.4 Å². The third kappa shape index (κ3) is 3.76. The topological polar surface area (TPSA) is 69.6 Å². The lowest BCUT2D eigenvalue weighted by Gasteiger charge is -2.55. The molecule has 2 fully saturated rings. The Balaban J connectivity index is 1.76. The first-order valence-electron chi connectivity index (χ1n) is 8.44. The minimum absolute atomic E-state index is 0.0918. The van der Waals surface area contributed by atoms with Crippen molar-refractivity contribution in [3.8, 4) is 0 Å². The molecule has 0 spiro atoms. The highest BCUT2D eigenvalue weighted by Gasteiger charge is 2.49. The SMILES string of the molecule is CCS(=O)(=O)NC[C@H]1[C@@H](c2ccccc2)[C@@H](CO)N1CC1CC1. The molecule has 6 heteroatoms. The summed E-state index contributed by atoms with van der Waals surface area (Å²) >= 11 is 0. The highest BCUT2D eigenvalue weighted by molar-refractivity contribution is 7.89. The molecule has 1 aliphatic carbocycles. The lowest BCUT2D eigenvalue weighted by Crippen LogP contribution is -2.67. The van der Waals surface area contributed by atoms with Crippen LogP contribution >= 0.6 is 0 Å². The molecule has 0 unspecified atom stereocenters. The number of likely N-dealkylation sites (tertiary alicyclic amines) is 1. The Morgan fingerprint density at radius 1 is 1.22 bits per heavy atom. The maximum absolute atomic E-state index is 11.8. The average Bonchev–Trinajstić information content (AvgIpc) is 3.36. The first kappa shape index (κ1) is 16.9. The first-order valence-corrected chi connectivity index (χ1v) is 10.1. The van der Waals surface area contributed by atoms with E-state index >= 15 is 0 Å². The zero-order valence-electron chi connectivity index (χ0n) is 13.6. The Kier molecular flexibility index (Phi) is 5.06. The average molecular weight is 338 g/mol. The highest BCUT2D eigenvalue weighted by atomic mass is 32.2. The molecule has 2 N–H and O–H groups in total. The van der Waals surface area contributed by atoms with Crippen LogP contribution in [0, 0.1) is 5.92 Å². The Morgan fingerprint density at radius 2 is 1.91 bits per heavy atom. The van der Waals surface area contributed by atoms with Crippen molar-refractivity contribution in [2.24, 2.45) is 5.92 Å². The summed E-state index contributed by atoms with van der Waals surface area (Å²) in [6.45, 7) is 3.14. The number of sulfonamides is 1. The maximum Gasteiger partial charge on any atom is 0.211 e. The van der Waals surface area contributed by atoms with Gasteiger partial charge in [-0.3, -0.25) is 4.90 Å². The largest absolute Gasteiger partial charge is 0.395 e. The Morgan fingerprint density at radius 3 is 2.48 bits per heavy atom. The number of aliphatic hydroxyl groups excluding tert-OH is 1. The smallest absolute Gasteiger partial charge is 0.211 e. The van der Waals surface area contributed by atoms with Gasteiger partial charge in [0.1, 0.15) is 0 Å². The van der Waals surface area contributed by atoms with Gasteiger partial charge < -0.3 is 5.11 Å². The van der Waals surface area contributed by atoms with Crippen LogP contribution < -0.4 is 4.72 Å². The molecular formula is C17H26N2O3S. The molecule has 1 saturated heterocycles. The fourth-order valence-electron chi connectivity index (χ4n) is 3.58. The van der Waals surface area contributed by atoms with Gasteiger partial charge in [-0.25, -0.2) is 13.1 Å². The van der Waals surface area contributed by atoms with Crippen molar-refractivity contribution in [2.75, 3.05) is 25.4 Å². The van der Waals surface area contributed by atoms with Gasteiger partial charge in [0, 0.05) is 31.1 Å². The van der Waals surface area contributed by atoms with Gasteiger partial charge in [-0.1, -0.05) is 30.3 Å². The second-order valence-corrected chi connectivity index (χ2v) is 8.74. The molecule has 5 nitrogen and oxygen atoms in total. The van der Waals surface area contributed by atoms with Gasteiger partial charge in [-0.15, -0.1) is 0 Å². The minimum Gasteiger partial charge on any atom is -0.395 e. The Labute approximate surface area is 138 Å². The molecule has 0 aromatic heterocycles. The summed E-state index contributed by atoms with van der Waals surface area (Å²) in [6.07, 6.45) is 2.50. The molecule has 0 radical (unpaired) electrons. The lowest BCUT2D eigenvalue weighted by atomic mass is 9.75. The van der Waals surface area contributed by atoms with Crippen LogP contribution in [-0.2, 0) is 10.0 Å². The predicted octanol–water partition coefficient (Wildman–Crippen LogP) is 1.16. The molecule has 0 bridgehead atoms. The van der Waals surface area contributed by atoms with Gasteiger partial charge in [-0.2, -0.15) is 0 Å². The number of hydrogen-bond donors (Lipinski definition) is 2. The number of hydrogen-bond acceptors (Lipinski definition) is 4. The molecule has 1 heterocycles. The van der Waals surface area contributed by atoms with E-state index in [0.717, 1.165) is 6.54 Å². The van der Waals surface area contributed by atoms with Crippen molar-refractivity contribution in [2.45, 2.75) is 37.8 Å². The third-order valence-electron chi connectivity index (χ3n) is 5.11. The zero-order chi connectivity index (χ0) is 16.4. The second-order valence-electron chi connectivity index (χ2n) is 6.65. The van der Waals surface area contributed by atoms with E-state index in [1.807, 2.05) is 18.2 Å².